The van der Waals surface area contributed by atoms with Crippen molar-refractivity contribution in [3.05, 3.63) is 46.7 Å². The zero-order valence-corrected chi connectivity index (χ0v) is 10.2. The lowest BCUT2D eigenvalue weighted by atomic mass is 10.3. The van der Waals surface area contributed by atoms with Gasteiger partial charge in [-0.25, -0.2) is 9.37 Å². The van der Waals surface area contributed by atoms with Gasteiger partial charge in [0.1, 0.15) is 24.0 Å². The molecule has 0 aliphatic heterocycles. The number of imidazole rings is 1. The molecule has 0 amide bonds. The Morgan fingerprint density at radius 3 is 2.88 bits per heavy atom. The summed E-state index contributed by atoms with van der Waals surface area (Å²) in [5, 5.41) is 0. The molecule has 1 aromatic heterocycles. The fourth-order valence-corrected chi connectivity index (χ4v) is 1.74. The van der Waals surface area contributed by atoms with Crippen LogP contribution in [0.4, 0.5) is 4.39 Å². The Labute approximate surface area is 101 Å². The number of rotatable bonds is 3. The van der Waals surface area contributed by atoms with Crippen LogP contribution in [-0.2, 0) is 13.7 Å². The van der Waals surface area contributed by atoms with Crippen LogP contribution in [0.25, 0.3) is 0 Å². The van der Waals surface area contributed by atoms with Crippen LogP contribution >= 0.6 is 15.9 Å². The average Bonchev–Trinajstić information content (AvgIpc) is 2.59. The summed E-state index contributed by atoms with van der Waals surface area (Å²) in [6.45, 7) is 0.319. The Balaban J connectivity index is 2.07. The standard InChI is InChI=1S/C11H10BrFN2O/c1-15-3-2-14-11(15)7-16-10-5-8(12)4-9(13)6-10/h2-6H,7H2,1H3. The van der Waals surface area contributed by atoms with Crippen molar-refractivity contribution in [1.29, 1.82) is 0 Å². The molecule has 0 saturated carbocycles. The predicted octanol–water partition coefficient (Wildman–Crippen LogP) is 2.90. The van der Waals surface area contributed by atoms with Crippen LogP contribution in [0.1, 0.15) is 5.82 Å². The minimum absolute atomic E-state index is 0.319. The molecule has 5 heteroatoms. The van der Waals surface area contributed by atoms with Crippen molar-refractivity contribution in [2.75, 3.05) is 0 Å². The van der Waals surface area contributed by atoms with E-state index in [2.05, 4.69) is 20.9 Å². The van der Waals surface area contributed by atoms with Gasteiger partial charge in [0.25, 0.3) is 0 Å². The molecule has 0 radical (unpaired) electrons. The molecule has 0 aliphatic rings. The van der Waals surface area contributed by atoms with Gasteiger partial charge in [-0.1, -0.05) is 15.9 Å². The molecule has 1 aromatic carbocycles. The first-order valence-corrected chi connectivity index (χ1v) is 5.49. The van der Waals surface area contributed by atoms with Gasteiger partial charge in [-0.3, -0.25) is 0 Å². The maximum Gasteiger partial charge on any atom is 0.146 e. The highest BCUT2D eigenvalue weighted by Gasteiger charge is 2.03. The lowest BCUT2D eigenvalue weighted by molar-refractivity contribution is 0.290. The Morgan fingerprint density at radius 1 is 1.44 bits per heavy atom. The van der Waals surface area contributed by atoms with E-state index in [1.807, 2.05) is 17.8 Å². The van der Waals surface area contributed by atoms with E-state index in [-0.39, 0.29) is 5.82 Å². The molecule has 0 fully saturated rings. The van der Waals surface area contributed by atoms with Gasteiger partial charge < -0.3 is 9.30 Å². The molecule has 2 rings (SSSR count). The van der Waals surface area contributed by atoms with Crippen LogP contribution < -0.4 is 4.74 Å². The fourth-order valence-electron chi connectivity index (χ4n) is 1.30. The largest absolute Gasteiger partial charge is 0.486 e. The van der Waals surface area contributed by atoms with Gasteiger partial charge in [-0.05, 0) is 12.1 Å². The summed E-state index contributed by atoms with van der Waals surface area (Å²) in [5.41, 5.74) is 0. The molecule has 0 bridgehead atoms. The second kappa shape index (κ2) is 4.65. The number of hydrogen-bond donors (Lipinski definition) is 0. The normalized spacial score (nSPS) is 10.4. The van der Waals surface area contributed by atoms with Crippen molar-refractivity contribution < 1.29 is 9.13 Å². The quantitative estimate of drug-likeness (QED) is 0.867. The molecule has 16 heavy (non-hydrogen) atoms. The summed E-state index contributed by atoms with van der Waals surface area (Å²) < 4.78 is 21.0. The van der Waals surface area contributed by atoms with E-state index >= 15 is 0 Å². The zero-order chi connectivity index (χ0) is 11.5. The summed E-state index contributed by atoms with van der Waals surface area (Å²) in [5.74, 6) is 0.944. The van der Waals surface area contributed by atoms with E-state index in [4.69, 9.17) is 4.74 Å². The van der Waals surface area contributed by atoms with Crippen LogP contribution in [0.3, 0.4) is 0 Å². The maximum atomic E-state index is 13.0. The van der Waals surface area contributed by atoms with Gasteiger partial charge in [0, 0.05) is 30.0 Å². The molecule has 1 heterocycles. The number of hydrogen-bond acceptors (Lipinski definition) is 2. The second-order valence-electron chi connectivity index (χ2n) is 3.35. The number of ether oxygens (including phenoxy) is 1. The van der Waals surface area contributed by atoms with E-state index in [1.54, 1.807) is 12.3 Å². The van der Waals surface area contributed by atoms with Gasteiger partial charge >= 0.3 is 0 Å². The Hall–Kier alpha value is -1.36. The number of nitrogens with zero attached hydrogens (tertiary/aromatic N) is 2. The number of benzene rings is 1. The fraction of sp³-hybridized carbons (Fsp3) is 0.182. The Bertz CT molecular complexity index is 478. The van der Waals surface area contributed by atoms with Gasteiger partial charge in [0.05, 0.1) is 0 Å². The van der Waals surface area contributed by atoms with Crippen molar-refractivity contribution in [3.8, 4) is 5.75 Å². The third-order valence-electron chi connectivity index (χ3n) is 2.12. The van der Waals surface area contributed by atoms with Crippen LogP contribution in [-0.4, -0.2) is 9.55 Å². The molecule has 0 spiro atoms. The second-order valence-corrected chi connectivity index (χ2v) is 4.26. The van der Waals surface area contributed by atoms with Crippen LogP contribution in [0.2, 0.25) is 0 Å². The summed E-state index contributed by atoms with van der Waals surface area (Å²) in [7, 11) is 1.88. The van der Waals surface area contributed by atoms with Crippen molar-refractivity contribution in [2.45, 2.75) is 6.61 Å². The van der Waals surface area contributed by atoms with Gasteiger partial charge in [-0.15, -0.1) is 0 Å². The number of halogens is 2. The maximum absolute atomic E-state index is 13.0. The van der Waals surface area contributed by atoms with Crippen molar-refractivity contribution >= 4 is 15.9 Å². The van der Waals surface area contributed by atoms with E-state index in [0.717, 1.165) is 5.82 Å². The van der Waals surface area contributed by atoms with Crippen molar-refractivity contribution in [3.63, 3.8) is 0 Å². The summed E-state index contributed by atoms with van der Waals surface area (Å²) in [4.78, 5) is 4.11. The molecule has 84 valence electrons. The third-order valence-corrected chi connectivity index (χ3v) is 2.58. The molecule has 0 atom stereocenters. The number of aromatic nitrogens is 2. The first-order valence-electron chi connectivity index (χ1n) is 4.70. The smallest absolute Gasteiger partial charge is 0.146 e. The van der Waals surface area contributed by atoms with Gasteiger partial charge in [0.2, 0.25) is 0 Å². The molecular weight excluding hydrogens is 275 g/mol. The SMILES string of the molecule is Cn1ccnc1COc1cc(F)cc(Br)c1. The lowest BCUT2D eigenvalue weighted by Crippen LogP contribution is -2.03. The van der Waals surface area contributed by atoms with Crippen molar-refractivity contribution in [2.24, 2.45) is 7.05 Å². The van der Waals surface area contributed by atoms with Gasteiger partial charge in [-0.2, -0.15) is 0 Å². The zero-order valence-electron chi connectivity index (χ0n) is 8.65. The highest BCUT2D eigenvalue weighted by atomic mass is 79.9. The molecular formula is C11H10BrFN2O. The van der Waals surface area contributed by atoms with Crippen LogP contribution in [0.15, 0.2) is 35.1 Å². The molecule has 0 unspecified atom stereocenters. The van der Waals surface area contributed by atoms with Crippen LogP contribution in [0.5, 0.6) is 5.75 Å². The third kappa shape index (κ3) is 2.61. The minimum Gasteiger partial charge on any atom is -0.486 e. The molecule has 3 nitrogen and oxygen atoms in total. The topological polar surface area (TPSA) is 27.1 Å². The Morgan fingerprint density at radius 2 is 2.25 bits per heavy atom. The molecule has 0 aliphatic carbocycles. The Kier molecular flexibility index (Phi) is 3.24. The molecule has 2 aromatic rings. The lowest BCUT2D eigenvalue weighted by Gasteiger charge is -2.06. The first kappa shape index (κ1) is 11.1. The van der Waals surface area contributed by atoms with E-state index in [9.17, 15) is 4.39 Å². The monoisotopic (exact) mass is 284 g/mol. The van der Waals surface area contributed by atoms with E-state index < -0.39 is 0 Å². The average molecular weight is 285 g/mol. The minimum atomic E-state index is -0.329. The van der Waals surface area contributed by atoms with Crippen LogP contribution in [0, 0.1) is 5.82 Å². The predicted molar refractivity (Wildman–Crippen MR) is 61.6 cm³/mol. The highest BCUT2D eigenvalue weighted by Crippen LogP contribution is 2.21. The molecule has 0 N–H and O–H groups in total. The van der Waals surface area contributed by atoms with Gasteiger partial charge in [0.15, 0.2) is 0 Å². The summed E-state index contributed by atoms with van der Waals surface area (Å²) >= 11 is 3.21. The molecule has 0 saturated heterocycles. The summed E-state index contributed by atoms with van der Waals surface area (Å²) in [6, 6.07) is 4.44. The first-order chi connectivity index (χ1) is 7.65. The number of aryl methyl sites for hydroxylation is 1. The van der Waals surface area contributed by atoms with E-state index in [1.165, 1.54) is 12.1 Å². The summed E-state index contributed by atoms with van der Waals surface area (Å²) in [6.07, 6.45) is 3.53. The van der Waals surface area contributed by atoms with Crippen molar-refractivity contribution in [1.82, 2.24) is 9.55 Å². The van der Waals surface area contributed by atoms with E-state index in [0.29, 0.717) is 16.8 Å². The highest BCUT2D eigenvalue weighted by molar-refractivity contribution is 9.10.